The van der Waals surface area contributed by atoms with E-state index in [-0.39, 0.29) is 18.4 Å². The number of carbonyl (C=O) groups is 1. The number of piperidine rings is 2. The van der Waals surface area contributed by atoms with Gasteiger partial charge >= 0.3 is 0 Å². The summed E-state index contributed by atoms with van der Waals surface area (Å²) < 4.78 is 6.04. The van der Waals surface area contributed by atoms with Crippen LogP contribution in [0.25, 0.3) is 0 Å². The van der Waals surface area contributed by atoms with Gasteiger partial charge in [-0.3, -0.25) is 14.6 Å². The Kier molecular flexibility index (Phi) is 9.67. The molecule has 4 rings (SSSR count). The number of hydrogen-bond donors (Lipinski definition) is 2. The van der Waals surface area contributed by atoms with Crippen LogP contribution in [0.4, 0.5) is 0 Å². The molecule has 5 atom stereocenters. The minimum absolute atomic E-state index is 0.0790. The van der Waals surface area contributed by atoms with Crippen LogP contribution in [-0.2, 0) is 9.53 Å². The number of aliphatic hydroxyl groups excluding tert-OH is 1. The number of hydrogen-bond acceptors (Lipinski definition) is 6. The summed E-state index contributed by atoms with van der Waals surface area (Å²) in [6.07, 6.45) is 9.63. The van der Waals surface area contributed by atoms with E-state index in [1.165, 1.54) is 32.1 Å². The van der Waals surface area contributed by atoms with E-state index >= 15 is 0 Å². The summed E-state index contributed by atoms with van der Waals surface area (Å²) >= 11 is 0. The summed E-state index contributed by atoms with van der Waals surface area (Å²) in [7, 11) is 1.90. The van der Waals surface area contributed by atoms with Gasteiger partial charge in [-0.25, -0.2) is 0 Å². The molecule has 7 nitrogen and oxygen atoms in total. The Labute approximate surface area is 207 Å². The molecule has 4 aliphatic rings. The Balaban J connectivity index is 1.38. The first-order chi connectivity index (χ1) is 16.5. The van der Waals surface area contributed by atoms with E-state index < -0.39 is 0 Å². The van der Waals surface area contributed by atoms with E-state index in [0.29, 0.717) is 30.1 Å². The summed E-state index contributed by atoms with van der Waals surface area (Å²) in [6.45, 7) is 11.5. The van der Waals surface area contributed by atoms with Crippen molar-refractivity contribution in [1.29, 1.82) is 0 Å². The van der Waals surface area contributed by atoms with Crippen molar-refractivity contribution in [2.75, 3.05) is 59.5 Å². The van der Waals surface area contributed by atoms with Crippen LogP contribution in [-0.4, -0.2) is 109 Å². The number of nitrogens with one attached hydrogen (secondary N) is 1. The van der Waals surface area contributed by atoms with Crippen LogP contribution >= 0.6 is 0 Å². The maximum Gasteiger partial charge on any atom is 0.225 e. The third-order valence-electron chi connectivity index (χ3n) is 9.28. The molecule has 2 N–H and O–H groups in total. The van der Waals surface area contributed by atoms with Crippen molar-refractivity contribution >= 4 is 5.91 Å². The third-order valence-corrected chi connectivity index (χ3v) is 9.28. The number of likely N-dealkylation sites (tertiary alicyclic amines) is 1. The average Bonchev–Trinajstić information content (AvgIpc) is 3.12. The Morgan fingerprint density at radius 2 is 1.79 bits per heavy atom. The smallest absolute Gasteiger partial charge is 0.225 e. The number of nitrogens with zero attached hydrogens (tertiary/aromatic N) is 3. The molecule has 0 spiro atoms. The van der Waals surface area contributed by atoms with Crippen molar-refractivity contribution in [1.82, 2.24) is 20.0 Å². The fourth-order valence-electron chi connectivity index (χ4n) is 7.51. The molecule has 3 aliphatic heterocycles. The molecule has 1 saturated carbocycles. The second-order valence-corrected chi connectivity index (χ2v) is 11.5. The lowest BCUT2D eigenvalue weighted by atomic mass is 9.74. The number of aliphatic hydroxyl groups is 1. The molecule has 0 radical (unpaired) electrons. The maximum absolute atomic E-state index is 12.4. The van der Waals surface area contributed by atoms with Crippen LogP contribution in [0.1, 0.15) is 65.2 Å². The van der Waals surface area contributed by atoms with Crippen LogP contribution in [0.5, 0.6) is 0 Å². The summed E-state index contributed by atoms with van der Waals surface area (Å²) in [5.41, 5.74) is 0. The summed E-state index contributed by atoms with van der Waals surface area (Å²) in [5, 5.41) is 13.8. The molecule has 0 aromatic carbocycles. The Hall–Kier alpha value is -0.730. The predicted molar refractivity (Wildman–Crippen MR) is 136 cm³/mol. The molecule has 7 heteroatoms. The normalized spacial score (nSPS) is 33.5. The highest BCUT2D eigenvalue weighted by atomic mass is 16.5. The molecule has 5 unspecified atom stereocenters. The molecule has 3 heterocycles. The minimum Gasteiger partial charge on any atom is -0.396 e. The molecule has 4 fully saturated rings. The van der Waals surface area contributed by atoms with Gasteiger partial charge in [-0.15, -0.1) is 0 Å². The van der Waals surface area contributed by atoms with Crippen LogP contribution in [0.15, 0.2) is 0 Å². The molecular weight excluding hydrogens is 428 g/mol. The molecule has 0 aromatic heterocycles. The SMILES string of the molecule is COC1CCC2CCCNC2C1N1CCCN(C(CCO)C2CCN(C(=O)C(C)C)CC2)CC1. The zero-order valence-electron chi connectivity index (χ0n) is 22.0. The van der Waals surface area contributed by atoms with Crippen LogP contribution < -0.4 is 5.32 Å². The quantitative estimate of drug-likeness (QED) is 0.585. The van der Waals surface area contributed by atoms with E-state index in [0.717, 1.165) is 71.0 Å². The van der Waals surface area contributed by atoms with E-state index in [9.17, 15) is 9.90 Å². The van der Waals surface area contributed by atoms with Crippen molar-refractivity contribution < 1.29 is 14.6 Å². The van der Waals surface area contributed by atoms with E-state index in [1.807, 2.05) is 21.0 Å². The lowest BCUT2D eigenvalue weighted by molar-refractivity contribution is -0.136. The minimum atomic E-state index is 0.0790. The molecule has 0 bridgehead atoms. The first kappa shape index (κ1) is 26.3. The predicted octanol–water partition coefficient (Wildman–Crippen LogP) is 2.19. The van der Waals surface area contributed by atoms with Crippen molar-refractivity contribution in [3.05, 3.63) is 0 Å². The van der Waals surface area contributed by atoms with Crippen molar-refractivity contribution in [3.63, 3.8) is 0 Å². The van der Waals surface area contributed by atoms with Gasteiger partial charge in [-0.1, -0.05) is 13.8 Å². The van der Waals surface area contributed by atoms with E-state index in [1.54, 1.807) is 0 Å². The molecule has 1 aliphatic carbocycles. The number of amides is 1. The fourth-order valence-corrected chi connectivity index (χ4v) is 7.51. The molecule has 34 heavy (non-hydrogen) atoms. The van der Waals surface area contributed by atoms with E-state index in [4.69, 9.17) is 4.74 Å². The van der Waals surface area contributed by atoms with Gasteiger partial charge in [0.1, 0.15) is 0 Å². The topological polar surface area (TPSA) is 68.3 Å². The maximum atomic E-state index is 12.4. The second kappa shape index (κ2) is 12.5. The summed E-state index contributed by atoms with van der Waals surface area (Å²) in [5.74, 6) is 1.74. The molecule has 0 aromatic rings. The van der Waals surface area contributed by atoms with Gasteiger partial charge in [-0.2, -0.15) is 0 Å². The van der Waals surface area contributed by atoms with Crippen molar-refractivity contribution in [3.8, 4) is 0 Å². The average molecular weight is 479 g/mol. The van der Waals surface area contributed by atoms with Gasteiger partial charge in [0.2, 0.25) is 5.91 Å². The van der Waals surface area contributed by atoms with Crippen LogP contribution in [0, 0.1) is 17.8 Å². The molecule has 196 valence electrons. The van der Waals surface area contributed by atoms with Gasteiger partial charge in [0, 0.05) is 57.9 Å². The van der Waals surface area contributed by atoms with Crippen molar-refractivity contribution in [2.45, 2.75) is 89.4 Å². The molecule has 3 saturated heterocycles. The third kappa shape index (κ3) is 5.97. The molecule has 1 amide bonds. The van der Waals surface area contributed by atoms with Gasteiger partial charge < -0.3 is 20.1 Å². The number of methoxy groups -OCH3 is 1. The highest BCUT2D eigenvalue weighted by Crippen LogP contribution is 2.36. The summed E-state index contributed by atoms with van der Waals surface area (Å²) in [4.78, 5) is 19.9. The Bertz CT molecular complexity index is 639. The van der Waals surface area contributed by atoms with Gasteiger partial charge in [0.05, 0.1) is 12.1 Å². The first-order valence-corrected chi connectivity index (χ1v) is 14.2. The lowest BCUT2D eigenvalue weighted by Gasteiger charge is -2.49. The monoisotopic (exact) mass is 478 g/mol. The first-order valence-electron chi connectivity index (χ1n) is 14.2. The Morgan fingerprint density at radius 3 is 2.50 bits per heavy atom. The largest absolute Gasteiger partial charge is 0.396 e. The van der Waals surface area contributed by atoms with Gasteiger partial charge in [0.25, 0.3) is 0 Å². The van der Waals surface area contributed by atoms with Gasteiger partial charge in [-0.05, 0) is 82.8 Å². The fraction of sp³-hybridized carbons (Fsp3) is 0.963. The zero-order chi connectivity index (χ0) is 24.1. The number of fused-ring (bicyclic) bond motifs is 1. The number of rotatable bonds is 7. The van der Waals surface area contributed by atoms with Crippen LogP contribution in [0.2, 0.25) is 0 Å². The van der Waals surface area contributed by atoms with Crippen LogP contribution in [0.3, 0.4) is 0 Å². The second-order valence-electron chi connectivity index (χ2n) is 11.5. The standard InChI is InChI=1S/C27H50N4O3/c1-20(2)27(33)31-15-9-21(10-16-31)23(11-19-32)29-13-5-14-30(18-17-29)26-24(34-3)8-7-22-6-4-12-28-25(22)26/h20-26,28,32H,4-19H2,1-3H3. The van der Waals surface area contributed by atoms with Crippen molar-refractivity contribution in [2.24, 2.45) is 17.8 Å². The Morgan fingerprint density at radius 1 is 1.00 bits per heavy atom. The zero-order valence-corrected chi connectivity index (χ0v) is 22.0. The number of ether oxygens (including phenoxy) is 1. The highest BCUT2D eigenvalue weighted by Gasteiger charge is 2.44. The van der Waals surface area contributed by atoms with Gasteiger partial charge in [0.15, 0.2) is 0 Å². The number of carbonyl (C=O) groups excluding carboxylic acids is 1. The van der Waals surface area contributed by atoms with E-state index in [2.05, 4.69) is 20.0 Å². The highest BCUT2D eigenvalue weighted by molar-refractivity contribution is 5.78. The molecular formula is C27H50N4O3. The lowest BCUT2D eigenvalue weighted by Crippen LogP contribution is -2.63. The summed E-state index contributed by atoms with van der Waals surface area (Å²) in [6, 6.07) is 1.46.